The Labute approximate surface area is 59.5 Å². The van der Waals surface area contributed by atoms with E-state index in [0.29, 0.717) is 21.0 Å². The maximum atomic E-state index is 8.30. The van der Waals surface area contributed by atoms with E-state index in [2.05, 4.69) is 0 Å². The molecule has 0 heterocycles. The van der Waals surface area contributed by atoms with Crippen LogP contribution in [0.5, 0.6) is 0 Å². The molecule has 0 atom stereocenters. The van der Waals surface area contributed by atoms with Crippen LogP contribution in [0.1, 0.15) is 2.85 Å². The Hall–Kier alpha value is 1.45. The van der Waals surface area contributed by atoms with Gasteiger partial charge in [0.05, 0.1) is 0 Å². The zero-order valence-electron chi connectivity index (χ0n) is 4.01. The molecule has 0 saturated carbocycles. The van der Waals surface area contributed by atoms with Crippen molar-refractivity contribution in [2.45, 2.75) is 0 Å². The van der Waals surface area contributed by atoms with Gasteiger partial charge < -0.3 is 2.85 Å². The SMILES string of the molecule is [Be+2].[H-].[H-].[O]=[Nb].[Ta]. The molecule has 0 aliphatic carbocycles. The minimum Gasteiger partial charge on any atom is 0 e. The third-order valence-electron chi connectivity index (χ3n) is 0. The van der Waals surface area contributed by atoms with Crippen LogP contribution in [0.3, 0.4) is 0 Å². The molecule has 0 N–H and O–H groups in total. The van der Waals surface area contributed by atoms with Gasteiger partial charge >= 0.3 is 34.4 Å². The van der Waals surface area contributed by atoms with Crippen LogP contribution >= 0.6 is 0 Å². The summed E-state index contributed by atoms with van der Waals surface area (Å²) in [6.07, 6.45) is 0. The summed E-state index contributed by atoms with van der Waals surface area (Å²) in [7, 11) is 0. The molecule has 1 radical (unpaired) electrons. The van der Waals surface area contributed by atoms with Gasteiger partial charge in [0.1, 0.15) is 0 Å². The molecule has 0 bridgehead atoms. The number of hydrogen-bond donors (Lipinski definition) is 0. The molecular weight excluding hydrogens is 299 g/mol. The minimum absolute atomic E-state index is 0. The smallest absolute Gasteiger partial charge is 0 e. The topological polar surface area (TPSA) is 17.1 Å². The summed E-state index contributed by atoms with van der Waals surface area (Å²) in [5.74, 6) is 0. The summed E-state index contributed by atoms with van der Waals surface area (Å²) >= 11 is 0.500. The molecule has 0 aromatic carbocycles. The normalized spacial score (nSPS) is 0.750. The predicted octanol–water partition coefficient (Wildman–Crippen LogP) is -0.280. The third-order valence-corrected chi connectivity index (χ3v) is 0. The van der Waals surface area contributed by atoms with Crippen LogP contribution < -0.4 is 0 Å². The molecule has 0 aliphatic heterocycles. The largest absolute Gasteiger partial charge is 0 e. The van der Waals surface area contributed by atoms with Crippen molar-refractivity contribution in [3.05, 3.63) is 0 Å². The summed E-state index contributed by atoms with van der Waals surface area (Å²) < 4.78 is 8.30. The molecule has 1 nitrogen and oxygen atoms in total. The van der Waals surface area contributed by atoms with Crippen molar-refractivity contribution in [1.29, 1.82) is 0 Å². The van der Waals surface area contributed by atoms with Crippen LogP contribution in [0, 0.1) is 0 Å². The Morgan fingerprint density at radius 2 is 1.50 bits per heavy atom. The van der Waals surface area contributed by atoms with Gasteiger partial charge in [0.25, 0.3) is 0 Å². The van der Waals surface area contributed by atoms with E-state index >= 15 is 0 Å². The summed E-state index contributed by atoms with van der Waals surface area (Å²) in [5, 5.41) is 0. The maximum Gasteiger partial charge on any atom is 0 e. The van der Waals surface area contributed by atoms with Crippen molar-refractivity contribution in [3.63, 3.8) is 0 Å². The van der Waals surface area contributed by atoms with Gasteiger partial charge in [-0.25, -0.2) is 0 Å². The second-order valence-corrected chi connectivity index (χ2v) is 0. The van der Waals surface area contributed by atoms with E-state index in [1.165, 1.54) is 0 Å². The fourth-order valence-electron chi connectivity index (χ4n) is 0. The monoisotopic (exact) mass is 301 g/mol. The zero-order valence-corrected chi connectivity index (χ0v) is 7.42. The molecule has 0 spiro atoms. The van der Waals surface area contributed by atoms with E-state index in [4.69, 9.17) is 3.25 Å². The van der Waals surface area contributed by atoms with Crippen molar-refractivity contribution in [3.8, 4) is 0 Å². The van der Waals surface area contributed by atoms with Gasteiger partial charge in [0.15, 0.2) is 0 Å². The van der Waals surface area contributed by atoms with Crippen molar-refractivity contribution < 1.29 is 49.5 Å². The first kappa shape index (κ1) is 18.0. The van der Waals surface area contributed by atoms with Crippen LogP contribution in [-0.2, 0) is 46.7 Å². The fraction of sp³-hybridized carbons (Fsp3) is 0. The van der Waals surface area contributed by atoms with Crippen LogP contribution in [0.2, 0.25) is 0 Å². The first-order chi connectivity index (χ1) is 1.00. The molecule has 4 heavy (non-hydrogen) atoms. The van der Waals surface area contributed by atoms with Gasteiger partial charge in [-0.1, -0.05) is 0 Å². The van der Waals surface area contributed by atoms with Gasteiger partial charge in [-0.2, -0.15) is 0 Å². The Balaban J connectivity index is -0.000000000833. The van der Waals surface area contributed by atoms with Gasteiger partial charge in [0, 0.05) is 22.4 Å². The molecule has 0 aromatic rings. The van der Waals surface area contributed by atoms with Gasteiger partial charge in [0.2, 0.25) is 0 Å². The molecular formula is H2BeNbOTa. The molecule has 0 fully saturated rings. The van der Waals surface area contributed by atoms with E-state index in [1.807, 2.05) is 0 Å². The zero-order chi connectivity index (χ0) is 2.00. The quantitative estimate of drug-likeness (QED) is 0.563. The molecule has 0 saturated heterocycles. The van der Waals surface area contributed by atoms with Gasteiger partial charge in [-0.15, -0.1) is 0 Å². The van der Waals surface area contributed by atoms with E-state index in [-0.39, 0.29) is 35.4 Å². The molecule has 0 aliphatic rings. The second-order valence-electron chi connectivity index (χ2n) is 0. The average Bonchev–Trinajstić information content (AvgIpc) is 1.00. The van der Waals surface area contributed by atoms with Crippen LogP contribution in [0.15, 0.2) is 0 Å². The summed E-state index contributed by atoms with van der Waals surface area (Å²) in [4.78, 5) is 0. The average molecular weight is 301 g/mol. The van der Waals surface area contributed by atoms with E-state index in [1.54, 1.807) is 0 Å². The van der Waals surface area contributed by atoms with Gasteiger partial charge in [-0.05, 0) is 0 Å². The molecule has 4 heteroatoms. The number of rotatable bonds is 0. The molecule has 0 rings (SSSR count). The van der Waals surface area contributed by atoms with Crippen molar-refractivity contribution in [1.82, 2.24) is 0 Å². The van der Waals surface area contributed by atoms with Crippen molar-refractivity contribution in [2.24, 2.45) is 0 Å². The van der Waals surface area contributed by atoms with Crippen LogP contribution in [0.4, 0.5) is 0 Å². The summed E-state index contributed by atoms with van der Waals surface area (Å²) in [6, 6.07) is 0. The Kier molecular flexibility index (Phi) is 113. The van der Waals surface area contributed by atoms with Crippen molar-refractivity contribution >= 4 is 10.1 Å². The van der Waals surface area contributed by atoms with Crippen LogP contribution in [-0.4, -0.2) is 10.1 Å². The van der Waals surface area contributed by atoms with E-state index < -0.39 is 0 Å². The standard InChI is InChI=1S/Be.Nb.O.Ta.2H/q+2;;;;2*-1. The molecule has 0 unspecified atom stereocenters. The Bertz CT molecular complexity index is 13.5. The number of hydrogen-bond acceptors (Lipinski definition) is 1. The molecule has 0 aromatic heterocycles. The third kappa shape index (κ3) is 9.85. The summed E-state index contributed by atoms with van der Waals surface area (Å²) in [6.45, 7) is 0. The van der Waals surface area contributed by atoms with Crippen LogP contribution in [0.25, 0.3) is 0 Å². The maximum absolute atomic E-state index is 8.30. The Morgan fingerprint density at radius 3 is 1.50 bits per heavy atom. The molecule has 0 amide bonds. The minimum atomic E-state index is 0. The summed E-state index contributed by atoms with van der Waals surface area (Å²) in [5.41, 5.74) is 0. The first-order valence-corrected chi connectivity index (χ1v) is 1.08. The second kappa shape index (κ2) is 25.2. The van der Waals surface area contributed by atoms with Crippen molar-refractivity contribution in [2.75, 3.05) is 0 Å². The first-order valence-electron chi connectivity index (χ1n) is 0.183. The fourth-order valence-corrected chi connectivity index (χ4v) is 0. The van der Waals surface area contributed by atoms with E-state index in [9.17, 15) is 0 Å². The predicted molar refractivity (Wildman–Crippen MR) is 8.66 cm³/mol. The molecule has 20 valence electrons. The van der Waals surface area contributed by atoms with Gasteiger partial charge in [-0.3, -0.25) is 0 Å². The van der Waals surface area contributed by atoms with E-state index in [0.717, 1.165) is 0 Å². The Morgan fingerprint density at radius 1 is 1.50 bits per heavy atom.